The molecular weight excluding hydrogens is 307 g/mol. The molecule has 5 heteroatoms. The highest BCUT2D eigenvalue weighted by molar-refractivity contribution is 5.93. The van der Waals surface area contributed by atoms with Crippen LogP contribution in [0.5, 0.6) is 5.75 Å². The Bertz CT molecular complexity index is 876. The van der Waals surface area contributed by atoms with Gasteiger partial charge in [-0.3, -0.25) is 9.78 Å². The number of amides is 1. The predicted molar refractivity (Wildman–Crippen MR) is 90.5 cm³/mol. The summed E-state index contributed by atoms with van der Waals surface area (Å²) in [7, 11) is 3.42. The van der Waals surface area contributed by atoms with Crippen LogP contribution in [-0.4, -0.2) is 29.9 Å². The van der Waals surface area contributed by atoms with Crippen LogP contribution < -0.4 is 4.74 Å². The Hall–Kier alpha value is -2.95. The van der Waals surface area contributed by atoms with Crippen LogP contribution in [-0.2, 0) is 6.61 Å². The fourth-order valence-electron chi connectivity index (χ4n) is 2.43. The van der Waals surface area contributed by atoms with E-state index in [1.807, 2.05) is 0 Å². The Morgan fingerprint density at radius 1 is 1.12 bits per heavy atom. The standard InChI is InChI=1S/C19H17FN2O2/c1-22(2)19(23)13-5-8-15(9-6-13)24-12-14-7-10-17(20)16-4-3-11-21-18(14)16/h3-11H,12H2,1-2H3. The fourth-order valence-corrected chi connectivity index (χ4v) is 2.43. The third kappa shape index (κ3) is 3.20. The molecule has 0 atom stereocenters. The molecule has 0 N–H and O–H groups in total. The van der Waals surface area contributed by atoms with Crippen molar-refractivity contribution in [1.29, 1.82) is 0 Å². The number of carbonyl (C=O) groups is 1. The zero-order valence-corrected chi connectivity index (χ0v) is 13.5. The smallest absolute Gasteiger partial charge is 0.253 e. The molecule has 122 valence electrons. The Kier molecular flexibility index (Phi) is 4.42. The second kappa shape index (κ2) is 6.66. The lowest BCUT2D eigenvalue weighted by Gasteiger charge is -2.12. The first-order valence-corrected chi connectivity index (χ1v) is 7.53. The molecule has 0 aliphatic rings. The summed E-state index contributed by atoms with van der Waals surface area (Å²) in [5.41, 5.74) is 2.00. The van der Waals surface area contributed by atoms with Crippen molar-refractivity contribution in [2.45, 2.75) is 6.61 Å². The molecule has 1 heterocycles. The molecule has 0 saturated carbocycles. The van der Waals surface area contributed by atoms with E-state index in [2.05, 4.69) is 4.98 Å². The molecule has 1 amide bonds. The minimum absolute atomic E-state index is 0.0599. The van der Waals surface area contributed by atoms with Gasteiger partial charge in [0.2, 0.25) is 0 Å². The van der Waals surface area contributed by atoms with Crippen LogP contribution in [0.15, 0.2) is 54.7 Å². The minimum Gasteiger partial charge on any atom is -0.489 e. The third-order valence-electron chi connectivity index (χ3n) is 3.70. The maximum Gasteiger partial charge on any atom is 0.253 e. The summed E-state index contributed by atoms with van der Waals surface area (Å²) in [6, 6.07) is 13.4. The molecule has 0 bridgehead atoms. The lowest BCUT2D eigenvalue weighted by atomic mass is 10.1. The molecule has 0 aliphatic carbocycles. The van der Waals surface area contributed by atoms with Gasteiger partial charge in [0.25, 0.3) is 5.91 Å². The number of carbonyl (C=O) groups excluding carboxylic acids is 1. The highest BCUT2D eigenvalue weighted by Gasteiger charge is 2.09. The van der Waals surface area contributed by atoms with E-state index in [-0.39, 0.29) is 18.3 Å². The normalized spacial score (nSPS) is 10.6. The average molecular weight is 324 g/mol. The van der Waals surface area contributed by atoms with Crippen molar-refractivity contribution in [2.24, 2.45) is 0 Å². The van der Waals surface area contributed by atoms with Crippen molar-refractivity contribution in [3.05, 3.63) is 71.7 Å². The van der Waals surface area contributed by atoms with Crippen molar-refractivity contribution in [2.75, 3.05) is 14.1 Å². The van der Waals surface area contributed by atoms with E-state index < -0.39 is 0 Å². The molecular formula is C19H17FN2O2. The number of nitrogens with zero attached hydrogens (tertiary/aromatic N) is 2. The van der Waals surface area contributed by atoms with E-state index in [0.29, 0.717) is 22.2 Å². The van der Waals surface area contributed by atoms with Gasteiger partial charge in [0.1, 0.15) is 18.2 Å². The van der Waals surface area contributed by atoms with Crippen molar-refractivity contribution in [3.8, 4) is 5.75 Å². The zero-order chi connectivity index (χ0) is 17.1. The van der Waals surface area contributed by atoms with Crippen molar-refractivity contribution < 1.29 is 13.9 Å². The topological polar surface area (TPSA) is 42.4 Å². The van der Waals surface area contributed by atoms with Crippen LogP contribution in [0.4, 0.5) is 4.39 Å². The van der Waals surface area contributed by atoms with Gasteiger partial charge in [-0.2, -0.15) is 0 Å². The largest absolute Gasteiger partial charge is 0.489 e. The van der Waals surface area contributed by atoms with Crippen LogP contribution >= 0.6 is 0 Å². The Balaban J connectivity index is 1.77. The number of benzene rings is 2. The SMILES string of the molecule is CN(C)C(=O)c1ccc(OCc2ccc(F)c3cccnc23)cc1. The number of aromatic nitrogens is 1. The zero-order valence-electron chi connectivity index (χ0n) is 13.5. The fraction of sp³-hybridized carbons (Fsp3) is 0.158. The Morgan fingerprint density at radius 2 is 1.88 bits per heavy atom. The summed E-state index contributed by atoms with van der Waals surface area (Å²) < 4.78 is 19.5. The number of rotatable bonds is 4. The van der Waals surface area contributed by atoms with Gasteiger partial charge >= 0.3 is 0 Å². The van der Waals surface area contributed by atoms with Crippen LogP contribution in [0.2, 0.25) is 0 Å². The van der Waals surface area contributed by atoms with E-state index >= 15 is 0 Å². The van der Waals surface area contributed by atoms with Gasteiger partial charge in [-0.1, -0.05) is 6.07 Å². The minimum atomic E-state index is -0.298. The van der Waals surface area contributed by atoms with Gasteiger partial charge in [0.15, 0.2) is 0 Å². The number of halogens is 1. The summed E-state index contributed by atoms with van der Waals surface area (Å²) in [6.07, 6.45) is 1.63. The highest BCUT2D eigenvalue weighted by atomic mass is 19.1. The van der Waals surface area contributed by atoms with Gasteiger partial charge in [0, 0.05) is 36.8 Å². The molecule has 0 aliphatic heterocycles. The average Bonchev–Trinajstić information content (AvgIpc) is 2.61. The van der Waals surface area contributed by atoms with Crippen molar-refractivity contribution in [3.63, 3.8) is 0 Å². The number of hydrogen-bond acceptors (Lipinski definition) is 3. The number of hydrogen-bond donors (Lipinski definition) is 0. The molecule has 0 radical (unpaired) electrons. The quantitative estimate of drug-likeness (QED) is 0.735. The Labute approximate surface area is 139 Å². The van der Waals surface area contributed by atoms with Gasteiger partial charge in [-0.15, -0.1) is 0 Å². The maximum atomic E-state index is 13.8. The van der Waals surface area contributed by atoms with E-state index in [1.165, 1.54) is 11.0 Å². The highest BCUT2D eigenvalue weighted by Crippen LogP contribution is 2.22. The first-order chi connectivity index (χ1) is 11.6. The molecule has 3 rings (SSSR count). The summed E-state index contributed by atoms with van der Waals surface area (Å²) in [5.74, 6) is 0.280. The van der Waals surface area contributed by atoms with Gasteiger partial charge < -0.3 is 9.64 Å². The van der Waals surface area contributed by atoms with E-state index in [0.717, 1.165) is 5.56 Å². The summed E-state index contributed by atoms with van der Waals surface area (Å²) >= 11 is 0. The molecule has 4 nitrogen and oxygen atoms in total. The summed E-state index contributed by atoms with van der Waals surface area (Å²) in [4.78, 5) is 17.6. The second-order valence-corrected chi connectivity index (χ2v) is 5.62. The lowest BCUT2D eigenvalue weighted by Crippen LogP contribution is -2.21. The molecule has 3 aromatic rings. The van der Waals surface area contributed by atoms with Crippen molar-refractivity contribution in [1.82, 2.24) is 9.88 Å². The molecule has 0 fully saturated rings. The van der Waals surface area contributed by atoms with Crippen molar-refractivity contribution >= 4 is 16.8 Å². The number of fused-ring (bicyclic) bond motifs is 1. The molecule has 0 saturated heterocycles. The lowest BCUT2D eigenvalue weighted by molar-refractivity contribution is 0.0827. The number of ether oxygens (including phenoxy) is 1. The van der Waals surface area contributed by atoms with E-state index in [4.69, 9.17) is 4.74 Å². The van der Waals surface area contributed by atoms with Crippen LogP contribution in [0.3, 0.4) is 0 Å². The predicted octanol–water partition coefficient (Wildman–Crippen LogP) is 3.65. The first-order valence-electron chi connectivity index (χ1n) is 7.53. The molecule has 0 spiro atoms. The summed E-state index contributed by atoms with van der Waals surface area (Å²) in [5, 5.41) is 0.477. The molecule has 24 heavy (non-hydrogen) atoms. The maximum absolute atomic E-state index is 13.8. The van der Waals surface area contributed by atoms with Gasteiger partial charge in [-0.25, -0.2) is 4.39 Å². The van der Waals surface area contributed by atoms with Crippen LogP contribution in [0.25, 0.3) is 10.9 Å². The van der Waals surface area contributed by atoms with Gasteiger partial charge in [0.05, 0.1) is 5.52 Å². The third-order valence-corrected chi connectivity index (χ3v) is 3.70. The Morgan fingerprint density at radius 3 is 2.58 bits per heavy atom. The molecule has 1 aromatic heterocycles. The second-order valence-electron chi connectivity index (χ2n) is 5.62. The summed E-state index contributed by atoms with van der Waals surface area (Å²) in [6.45, 7) is 0.273. The van der Waals surface area contributed by atoms with Crippen LogP contribution in [0.1, 0.15) is 15.9 Å². The van der Waals surface area contributed by atoms with Gasteiger partial charge in [-0.05, 0) is 42.5 Å². The monoisotopic (exact) mass is 324 g/mol. The van der Waals surface area contributed by atoms with E-state index in [9.17, 15) is 9.18 Å². The first kappa shape index (κ1) is 15.9. The van der Waals surface area contributed by atoms with Crippen LogP contribution in [0, 0.1) is 5.82 Å². The number of pyridine rings is 1. The molecule has 0 unspecified atom stereocenters. The van der Waals surface area contributed by atoms with E-state index in [1.54, 1.807) is 62.8 Å². The molecule has 2 aromatic carbocycles.